The number of alkyl halides is 2. The highest BCUT2D eigenvalue weighted by atomic mass is 19.3. The summed E-state index contributed by atoms with van der Waals surface area (Å²) in [6.45, 7) is 0. The smallest absolute Gasteiger partial charge is 0.256 e. The summed E-state index contributed by atoms with van der Waals surface area (Å²) >= 11 is 0. The van der Waals surface area contributed by atoms with Crippen LogP contribution in [-0.4, -0.2) is 4.98 Å². The molecule has 0 saturated carbocycles. The van der Waals surface area contributed by atoms with Crippen LogP contribution in [0.5, 0.6) is 0 Å². The first-order chi connectivity index (χ1) is 6.29. The second-order valence-corrected chi connectivity index (χ2v) is 2.63. The lowest BCUT2D eigenvalue weighted by Crippen LogP contribution is -1.88. The zero-order chi connectivity index (χ0) is 9.26. The van der Waals surface area contributed by atoms with Gasteiger partial charge in [-0.3, -0.25) is 4.98 Å². The lowest BCUT2D eigenvalue weighted by Gasteiger charge is -2.02. The van der Waals surface area contributed by atoms with E-state index in [1.54, 1.807) is 24.3 Å². The van der Waals surface area contributed by atoms with Crippen molar-refractivity contribution < 1.29 is 8.78 Å². The fraction of sp³-hybridized carbons (Fsp3) is 0.100. The van der Waals surface area contributed by atoms with Gasteiger partial charge in [0.15, 0.2) is 0 Å². The van der Waals surface area contributed by atoms with Gasteiger partial charge in [0.25, 0.3) is 6.43 Å². The maximum Gasteiger partial charge on any atom is 0.265 e. The third-order valence-corrected chi connectivity index (χ3v) is 1.84. The molecule has 0 saturated heterocycles. The number of pyridine rings is 1. The number of fused-ring (bicyclic) bond motifs is 1. The summed E-state index contributed by atoms with van der Waals surface area (Å²) in [5.74, 6) is 0. The van der Waals surface area contributed by atoms with Crippen LogP contribution in [0, 0.1) is 6.07 Å². The Hall–Kier alpha value is -1.51. The Labute approximate surface area is 74.0 Å². The average molecular weight is 178 g/mol. The Balaban J connectivity index is 2.76. The summed E-state index contributed by atoms with van der Waals surface area (Å²) in [5.41, 5.74) is 0.502. The van der Waals surface area contributed by atoms with Gasteiger partial charge >= 0.3 is 0 Å². The van der Waals surface area contributed by atoms with Crippen LogP contribution in [0.25, 0.3) is 10.9 Å². The van der Waals surface area contributed by atoms with Crippen molar-refractivity contribution in [2.45, 2.75) is 6.43 Å². The lowest BCUT2D eigenvalue weighted by molar-refractivity contribution is 0.153. The molecule has 0 unspecified atom stereocenters. The minimum atomic E-state index is -2.49. The first-order valence-corrected chi connectivity index (χ1v) is 3.82. The Morgan fingerprint density at radius 2 is 2.00 bits per heavy atom. The predicted molar refractivity (Wildman–Crippen MR) is 45.5 cm³/mol. The minimum absolute atomic E-state index is 0.0781. The van der Waals surface area contributed by atoms with Crippen LogP contribution in [0.3, 0.4) is 0 Å². The molecule has 1 nitrogen and oxygen atoms in total. The molecular formula is C10H6F2N. The Kier molecular flexibility index (Phi) is 1.93. The van der Waals surface area contributed by atoms with Crippen LogP contribution < -0.4 is 0 Å². The van der Waals surface area contributed by atoms with Crippen LogP contribution in [0.4, 0.5) is 8.78 Å². The van der Waals surface area contributed by atoms with Crippen LogP contribution in [0.1, 0.15) is 12.0 Å². The third kappa shape index (κ3) is 1.37. The summed E-state index contributed by atoms with van der Waals surface area (Å²) in [5, 5.41) is 0.472. The van der Waals surface area contributed by atoms with Crippen molar-refractivity contribution in [3.8, 4) is 0 Å². The van der Waals surface area contributed by atoms with Gasteiger partial charge < -0.3 is 0 Å². The van der Waals surface area contributed by atoms with Gasteiger partial charge in [-0.1, -0.05) is 18.2 Å². The molecule has 1 heterocycles. The number of hydrogen-bond acceptors (Lipinski definition) is 1. The molecule has 0 aliphatic rings. The summed E-state index contributed by atoms with van der Waals surface area (Å²) in [7, 11) is 0. The van der Waals surface area contributed by atoms with E-state index < -0.39 is 6.43 Å². The van der Waals surface area contributed by atoms with Gasteiger partial charge in [-0.05, 0) is 6.07 Å². The maximum absolute atomic E-state index is 12.4. The molecule has 13 heavy (non-hydrogen) atoms. The molecule has 0 aliphatic heterocycles. The quantitative estimate of drug-likeness (QED) is 0.654. The molecule has 2 rings (SSSR count). The van der Waals surface area contributed by atoms with E-state index in [0.29, 0.717) is 10.9 Å². The van der Waals surface area contributed by atoms with Crippen molar-refractivity contribution in [2.24, 2.45) is 0 Å². The van der Waals surface area contributed by atoms with Gasteiger partial charge in [-0.2, -0.15) is 0 Å². The molecule has 0 fully saturated rings. The number of hydrogen-bond donors (Lipinski definition) is 0. The van der Waals surface area contributed by atoms with Gasteiger partial charge in [0, 0.05) is 23.2 Å². The Bertz CT molecular complexity index is 421. The molecule has 0 aliphatic carbocycles. The maximum atomic E-state index is 12.4. The molecule has 1 aromatic heterocycles. The van der Waals surface area contributed by atoms with Crippen LogP contribution in [0.15, 0.2) is 30.5 Å². The monoisotopic (exact) mass is 178 g/mol. The second-order valence-electron chi connectivity index (χ2n) is 2.63. The van der Waals surface area contributed by atoms with Crippen molar-refractivity contribution in [3.63, 3.8) is 0 Å². The molecule has 0 N–H and O–H groups in total. The standard InChI is InChI=1S/C10H6F2N/c11-10(12)8-5-6-13-9-4-2-1-3-7(8)9/h1-4,6,10H. The Morgan fingerprint density at radius 1 is 1.23 bits per heavy atom. The normalized spacial score (nSPS) is 11.0. The van der Waals surface area contributed by atoms with Crippen molar-refractivity contribution >= 4 is 10.9 Å². The number of benzene rings is 1. The highest BCUT2D eigenvalue weighted by Gasteiger charge is 2.10. The van der Waals surface area contributed by atoms with Gasteiger partial charge in [0.05, 0.1) is 5.52 Å². The second kappa shape index (κ2) is 3.09. The molecule has 0 atom stereocenters. The van der Waals surface area contributed by atoms with E-state index in [1.807, 2.05) is 0 Å². The zero-order valence-corrected chi connectivity index (χ0v) is 6.67. The van der Waals surface area contributed by atoms with Crippen molar-refractivity contribution in [3.05, 3.63) is 42.1 Å². The fourth-order valence-corrected chi connectivity index (χ4v) is 1.24. The van der Waals surface area contributed by atoms with Crippen LogP contribution in [-0.2, 0) is 0 Å². The molecule has 0 spiro atoms. The molecule has 1 radical (unpaired) electrons. The molecular weight excluding hydrogens is 172 g/mol. The number of nitrogens with zero attached hydrogens (tertiary/aromatic N) is 1. The minimum Gasteiger partial charge on any atom is -0.256 e. The number of halogens is 2. The van der Waals surface area contributed by atoms with Crippen molar-refractivity contribution in [1.29, 1.82) is 0 Å². The molecule has 3 heteroatoms. The number of aromatic nitrogens is 1. The summed E-state index contributed by atoms with van der Waals surface area (Å²) in [6, 6.07) is 9.26. The van der Waals surface area contributed by atoms with Crippen molar-refractivity contribution in [1.82, 2.24) is 4.98 Å². The van der Waals surface area contributed by atoms with E-state index in [9.17, 15) is 8.78 Å². The van der Waals surface area contributed by atoms with Crippen LogP contribution >= 0.6 is 0 Å². The zero-order valence-electron chi connectivity index (χ0n) is 6.67. The third-order valence-electron chi connectivity index (χ3n) is 1.84. The summed E-state index contributed by atoms with van der Waals surface area (Å²) in [6.07, 6.45) is -1.21. The van der Waals surface area contributed by atoms with E-state index in [-0.39, 0.29) is 5.56 Å². The average Bonchev–Trinajstić information content (AvgIpc) is 2.17. The molecule has 0 bridgehead atoms. The molecule has 2 aromatic rings. The first kappa shape index (κ1) is 8.10. The van der Waals surface area contributed by atoms with E-state index in [4.69, 9.17) is 0 Å². The van der Waals surface area contributed by atoms with Gasteiger partial charge in [-0.15, -0.1) is 0 Å². The number of para-hydroxylation sites is 1. The molecule has 1 aromatic carbocycles. The largest absolute Gasteiger partial charge is 0.265 e. The van der Waals surface area contributed by atoms with Gasteiger partial charge in [0.1, 0.15) is 0 Å². The Morgan fingerprint density at radius 3 is 2.77 bits per heavy atom. The van der Waals surface area contributed by atoms with Crippen LogP contribution in [0.2, 0.25) is 0 Å². The highest BCUT2D eigenvalue weighted by molar-refractivity contribution is 5.81. The SMILES string of the molecule is FC(F)c1[c]cnc2ccccc12. The van der Waals surface area contributed by atoms with Gasteiger partial charge in [0.2, 0.25) is 0 Å². The topological polar surface area (TPSA) is 12.9 Å². The van der Waals surface area contributed by atoms with E-state index >= 15 is 0 Å². The van der Waals surface area contributed by atoms with E-state index in [2.05, 4.69) is 11.1 Å². The highest BCUT2D eigenvalue weighted by Crippen LogP contribution is 2.25. The predicted octanol–water partition coefficient (Wildman–Crippen LogP) is 2.97. The molecule has 65 valence electrons. The van der Waals surface area contributed by atoms with E-state index in [0.717, 1.165) is 0 Å². The van der Waals surface area contributed by atoms with Crippen molar-refractivity contribution in [2.75, 3.05) is 0 Å². The lowest BCUT2D eigenvalue weighted by atomic mass is 10.1. The number of rotatable bonds is 1. The van der Waals surface area contributed by atoms with Gasteiger partial charge in [-0.25, -0.2) is 8.78 Å². The van der Waals surface area contributed by atoms with E-state index in [1.165, 1.54) is 6.20 Å². The first-order valence-electron chi connectivity index (χ1n) is 3.82. The fourth-order valence-electron chi connectivity index (χ4n) is 1.24. The summed E-state index contributed by atoms with van der Waals surface area (Å²) < 4.78 is 24.9. The summed E-state index contributed by atoms with van der Waals surface area (Å²) in [4.78, 5) is 3.94. The molecule has 0 amide bonds.